The van der Waals surface area contributed by atoms with Crippen LogP contribution >= 0.6 is 11.6 Å². The van der Waals surface area contributed by atoms with Crippen molar-refractivity contribution in [2.45, 2.75) is 19.9 Å². The number of hydrogen-bond acceptors (Lipinski definition) is 2. The zero-order valence-corrected chi connectivity index (χ0v) is 12.8. The first-order valence-electron chi connectivity index (χ1n) is 6.85. The number of benzene rings is 2. The Bertz CT molecular complexity index is 564. The molecule has 106 valence electrons. The van der Waals surface area contributed by atoms with Crippen LogP contribution in [0.15, 0.2) is 42.5 Å². The molecule has 0 amide bonds. The van der Waals surface area contributed by atoms with E-state index in [1.807, 2.05) is 6.07 Å². The Morgan fingerprint density at radius 2 is 1.80 bits per heavy atom. The average molecular weight is 289 g/mol. The predicted molar refractivity (Wildman–Crippen MR) is 87.5 cm³/mol. The fourth-order valence-corrected chi connectivity index (χ4v) is 2.46. The summed E-state index contributed by atoms with van der Waals surface area (Å²) in [5.74, 6) is 0. The number of halogens is 1. The van der Waals surface area contributed by atoms with Gasteiger partial charge in [0.25, 0.3) is 0 Å². The molecule has 0 radical (unpaired) electrons. The van der Waals surface area contributed by atoms with E-state index < -0.39 is 0 Å². The standard InChI is InChI=1S/C17H21ClN2/c1-13-3-5-14(6-4-13)12-20(2)16-8-7-15(9-10-19)17(18)11-16/h3-8,11H,9-10,12,19H2,1-2H3. The van der Waals surface area contributed by atoms with Crippen molar-refractivity contribution in [1.29, 1.82) is 0 Å². The summed E-state index contributed by atoms with van der Waals surface area (Å²) < 4.78 is 0. The number of rotatable bonds is 5. The molecular weight excluding hydrogens is 268 g/mol. The van der Waals surface area contributed by atoms with Gasteiger partial charge in [-0.3, -0.25) is 0 Å². The van der Waals surface area contributed by atoms with Crippen molar-refractivity contribution in [3.8, 4) is 0 Å². The van der Waals surface area contributed by atoms with Crippen LogP contribution in [-0.4, -0.2) is 13.6 Å². The van der Waals surface area contributed by atoms with Gasteiger partial charge in [0.15, 0.2) is 0 Å². The first-order chi connectivity index (χ1) is 9.60. The topological polar surface area (TPSA) is 29.3 Å². The maximum Gasteiger partial charge on any atom is 0.0459 e. The third-order valence-electron chi connectivity index (χ3n) is 3.43. The van der Waals surface area contributed by atoms with Crippen molar-refractivity contribution in [2.24, 2.45) is 5.73 Å². The summed E-state index contributed by atoms with van der Waals surface area (Å²) in [5.41, 5.74) is 10.4. The molecule has 0 spiro atoms. The number of nitrogens with two attached hydrogens (primary N) is 1. The van der Waals surface area contributed by atoms with Gasteiger partial charge < -0.3 is 10.6 Å². The van der Waals surface area contributed by atoms with Crippen LogP contribution in [0.1, 0.15) is 16.7 Å². The minimum absolute atomic E-state index is 0.623. The second-order valence-corrected chi connectivity index (χ2v) is 5.56. The van der Waals surface area contributed by atoms with Crippen LogP contribution < -0.4 is 10.6 Å². The van der Waals surface area contributed by atoms with Crippen LogP contribution in [0.4, 0.5) is 5.69 Å². The number of anilines is 1. The molecule has 0 saturated heterocycles. The second kappa shape index (κ2) is 6.78. The van der Waals surface area contributed by atoms with E-state index in [0.29, 0.717) is 6.54 Å². The van der Waals surface area contributed by atoms with E-state index in [1.165, 1.54) is 11.1 Å². The monoisotopic (exact) mass is 288 g/mol. The third kappa shape index (κ3) is 3.75. The van der Waals surface area contributed by atoms with Gasteiger partial charge in [0.2, 0.25) is 0 Å². The lowest BCUT2D eigenvalue weighted by Gasteiger charge is -2.20. The van der Waals surface area contributed by atoms with Crippen molar-refractivity contribution >= 4 is 17.3 Å². The first kappa shape index (κ1) is 14.9. The summed E-state index contributed by atoms with van der Waals surface area (Å²) in [6, 6.07) is 14.8. The van der Waals surface area contributed by atoms with Crippen LogP contribution in [0.5, 0.6) is 0 Å². The first-order valence-corrected chi connectivity index (χ1v) is 7.23. The Morgan fingerprint density at radius 3 is 2.40 bits per heavy atom. The molecule has 2 rings (SSSR count). The Hall–Kier alpha value is -1.51. The van der Waals surface area contributed by atoms with E-state index in [0.717, 1.165) is 29.2 Å². The third-order valence-corrected chi connectivity index (χ3v) is 3.78. The normalized spacial score (nSPS) is 10.6. The van der Waals surface area contributed by atoms with Gasteiger partial charge in [0.05, 0.1) is 0 Å². The molecule has 2 aromatic rings. The molecule has 0 aromatic heterocycles. The molecule has 0 atom stereocenters. The largest absolute Gasteiger partial charge is 0.370 e. The lowest BCUT2D eigenvalue weighted by atomic mass is 10.1. The van der Waals surface area contributed by atoms with Gasteiger partial charge in [-0.1, -0.05) is 47.5 Å². The molecule has 0 bridgehead atoms. The van der Waals surface area contributed by atoms with E-state index >= 15 is 0 Å². The van der Waals surface area contributed by atoms with Crippen LogP contribution in [0.2, 0.25) is 5.02 Å². The van der Waals surface area contributed by atoms with E-state index in [4.69, 9.17) is 17.3 Å². The van der Waals surface area contributed by atoms with Gasteiger partial charge >= 0.3 is 0 Å². The SMILES string of the molecule is Cc1ccc(CN(C)c2ccc(CCN)c(Cl)c2)cc1. The van der Waals surface area contributed by atoms with E-state index in [1.54, 1.807) is 0 Å². The Morgan fingerprint density at radius 1 is 1.10 bits per heavy atom. The second-order valence-electron chi connectivity index (χ2n) is 5.16. The van der Waals surface area contributed by atoms with Gasteiger partial charge in [-0.15, -0.1) is 0 Å². The van der Waals surface area contributed by atoms with Crippen molar-refractivity contribution in [2.75, 3.05) is 18.5 Å². The maximum absolute atomic E-state index is 6.29. The van der Waals surface area contributed by atoms with E-state index in [2.05, 4.69) is 55.3 Å². The summed E-state index contributed by atoms with van der Waals surface area (Å²) in [7, 11) is 2.08. The molecule has 2 aromatic carbocycles. The van der Waals surface area contributed by atoms with Gasteiger partial charge in [0, 0.05) is 24.3 Å². The smallest absolute Gasteiger partial charge is 0.0459 e. The maximum atomic E-state index is 6.29. The fourth-order valence-electron chi connectivity index (χ4n) is 2.19. The highest BCUT2D eigenvalue weighted by Crippen LogP contribution is 2.24. The molecule has 0 unspecified atom stereocenters. The molecule has 0 aliphatic rings. The molecule has 20 heavy (non-hydrogen) atoms. The minimum atomic E-state index is 0.623. The molecular formula is C17H21ClN2. The number of hydrogen-bond donors (Lipinski definition) is 1. The lowest BCUT2D eigenvalue weighted by molar-refractivity contribution is 0.918. The Balaban J connectivity index is 2.10. The van der Waals surface area contributed by atoms with Crippen LogP contribution in [-0.2, 0) is 13.0 Å². The van der Waals surface area contributed by atoms with Crippen molar-refractivity contribution < 1.29 is 0 Å². The molecule has 0 heterocycles. The van der Waals surface area contributed by atoms with Gasteiger partial charge in [0.1, 0.15) is 0 Å². The molecule has 0 aliphatic carbocycles. The fraction of sp³-hybridized carbons (Fsp3) is 0.294. The Kier molecular flexibility index (Phi) is 5.05. The highest BCUT2D eigenvalue weighted by Gasteiger charge is 2.06. The molecule has 2 N–H and O–H groups in total. The highest BCUT2D eigenvalue weighted by molar-refractivity contribution is 6.31. The molecule has 0 fully saturated rings. The van der Waals surface area contributed by atoms with Crippen molar-refractivity contribution in [3.63, 3.8) is 0 Å². The highest BCUT2D eigenvalue weighted by atomic mass is 35.5. The van der Waals surface area contributed by atoms with Crippen molar-refractivity contribution in [1.82, 2.24) is 0 Å². The quantitative estimate of drug-likeness (QED) is 0.907. The average Bonchev–Trinajstić information content (AvgIpc) is 2.44. The zero-order chi connectivity index (χ0) is 14.5. The summed E-state index contributed by atoms with van der Waals surface area (Å²) >= 11 is 6.29. The van der Waals surface area contributed by atoms with Crippen LogP contribution in [0.3, 0.4) is 0 Å². The van der Waals surface area contributed by atoms with Gasteiger partial charge in [-0.05, 0) is 43.1 Å². The summed E-state index contributed by atoms with van der Waals surface area (Å²) in [6.07, 6.45) is 0.820. The van der Waals surface area contributed by atoms with E-state index in [-0.39, 0.29) is 0 Å². The Labute approximate surface area is 126 Å². The van der Waals surface area contributed by atoms with Crippen molar-refractivity contribution in [3.05, 3.63) is 64.2 Å². The lowest BCUT2D eigenvalue weighted by Crippen LogP contribution is -2.16. The predicted octanol–water partition coefficient (Wildman–Crippen LogP) is 3.79. The zero-order valence-electron chi connectivity index (χ0n) is 12.1. The van der Waals surface area contributed by atoms with Gasteiger partial charge in [-0.25, -0.2) is 0 Å². The minimum Gasteiger partial charge on any atom is -0.370 e. The number of aryl methyl sites for hydroxylation is 1. The summed E-state index contributed by atoms with van der Waals surface area (Å²) in [4.78, 5) is 2.20. The number of nitrogens with zero attached hydrogens (tertiary/aromatic N) is 1. The van der Waals surface area contributed by atoms with Crippen LogP contribution in [0, 0.1) is 6.92 Å². The van der Waals surface area contributed by atoms with Gasteiger partial charge in [-0.2, -0.15) is 0 Å². The summed E-state index contributed by atoms with van der Waals surface area (Å²) in [6.45, 7) is 3.59. The molecule has 2 nitrogen and oxygen atoms in total. The molecule has 0 saturated carbocycles. The summed E-state index contributed by atoms with van der Waals surface area (Å²) in [5, 5.41) is 0.795. The molecule has 3 heteroatoms. The molecule has 0 aliphatic heterocycles. The van der Waals surface area contributed by atoms with E-state index in [9.17, 15) is 0 Å². The van der Waals surface area contributed by atoms with Crippen LogP contribution in [0.25, 0.3) is 0 Å².